The normalized spacial score (nSPS) is 34.9. The third-order valence-electron chi connectivity index (χ3n) is 15.2. The van der Waals surface area contributed by atoms with Crippen molar-refractivity contribution >= 4 is 5.78 Å². The van der Waals surface area contributed by atoms with Crippen LogP contribution in [0.15, 0.2) is 54.6 Å². The van der Waals surface area contributed by atoms with Crippen LogP contribution in [-0.4, -0.2) is 57.1 Å². The van der Waals surface area contributed by atoms with E-state index in [-0.39, 0.29) is 89.3 Å². The van der Waals surface area contributed by atoms with Crippen molar-refractivity contribution in [2.75, 3.05) is 13.7 Å². The number of aromatic hydroxyl groups is 3. The van der Waals surface area contributed by atoms with Gasteiger partial charge in [-0.15, -0.1) is 0 Å². The molecule has 4 fully saturated rings. The molecular weight excluding hydrogens is 679 g/mol. The van der Waals surface area contributed by atoms with E-state index < -0.39 is 17.4 Å². The zero-order chi connectivity index (χ0) is 37.4. The summed E-state index contributed by atoms with van der Waals surface area (Å²) >= 11 is 0. The lowest BCUT2D eigenvalue weighted by atomic mass is 9.37. The molecule has 6 N–H and O–H groups in total. The molecule has 5 aliphatic carbocycles. The number of nitrogens with one attached hydrogen (secondary N) is 1. The van der Waals surface area contributed by atoms with Crippen molar-refractivity contribution in [1.82, 2.24) is 5.32 Å². The standard InChI is InChI=1S/C46H53NO7/c1-54-42-20-33(30(25-48)16-40(42)52)32-17-31(49)18-41(53)44-29(10-9-27(32)15-26-7-3-2-4-8-26)24-47-43-12-11-28-23-45(13-5-6-14-45)36-21-35(28)46(43,44)37-22-39(51)38(50)19-34(36)37/h2-4,7-8,16,19-20,22,27-29,32,35-36,41,43-44,47-48,50-53H,5-6,11-15,17-18,21,23-25H2,1H3/t27-,28-,29+,32+,35-,36-,41+,43-,44+,46-/m1/s1. The highest BCUT2D eigenvalue weighted by Crippen LogP contribution is 2.72. The van der Waals surface area contributed by atoms with E-state index in [0.717, 1.165) is 42.4 Å². The number of fused-ring (bicyclic) bond motifs is 5. The number of Topliss-reactive ketones (excluding diaryl/α,β-unsaturated/α-hetero) is 1. The van der Waals surface area contributed by atoms with Crippen molar-refractivity contribution in [1.29, 1.82) is 0 Å². The topological polar surface area (TPSA) is 139 Å². The van der Waals surface area contributed by atoms with Gasteiger partial charge >= 0.3 is 0 Å². The van der Waals surface area contributed by atoms with Gasteiger partial charge in [0.2, 0.25) is 0 Å². The molecule has 8 heteroatoms. The number of piperidine rings is 1. The van der Waals surface area contributed by atoms with Crippen LogP contribution in [0.4, 0.5) is 0 Å². The number of methoxy groups -OCH3 is 1. The number of hydrogen-bond acceptors (Lipinski definition) is 8. The number of carbonyl (C=O) groups is 1. The summed E-state index contributed by atoms with van der Waals surface area (Å²) in [6.45, 7) is 0.258. The van der Waals surface area contributed by atoms with Gasteiger partial charge in [0.1, 0.15) is 5.78 Å². The van der Waals surface area contributed by atoms with Crippen LogP contribution in [0.1, 0.15) is 104 Å². The maximum absolute atomic E-state index is 14.5. The zero-order valence-electron chi connectivity index (χ0n) is 31.1. The first-order valence-corrected chi connectivity index (χ1v) is 20.2. The lowest BCUT2D eigenvalue weighted by Gasteiger charge is -2.68. The Morgan fingerprint density at radius 3 is 2.46 bits per heavy atom. The van der Waals surface area contributed by atoms with Crippen LogP contribution >= 0.6 is 0 Å². The summed E-state index contributed by atoms with van der Waals surface area (Å²) in [6, 6.07) is 17.1. The molecule has 54 heavy (non-hydrogen) atoms. The number of phenols is 3. The highest BCUT2D eigenvalue weighted by Gasteiger charge is 2.68. The summed E-state index contributed by atoms with van der Waals surface area (Å²) in [4.78, 5) is 14.5. The number of aliphatic hydroxyl groups is 2. The van der Waals surface area contributed by atoms with Gasteiger partial charge in [0, 0.05) is 54.5 Å². The van der Waals surface area contributed by atoms with E-state index in [9.17, 15) is 30.3 Å². The Morgan fingerprint density at radius 2 is 1.70 bits per heavy atom. The molecule has 3 aromatic rings. The number of ether oxygens (including phenoxy) is 1. The fourth-order valence-electron chi connectivity index (χ4n) is 13.2. The van der Waals surface area contributed by atoms with Gasteiger partial charge in [0.25, 0.3) is 0 Å². The number of phenolic OH excluding ortho intramolecular Hbond substituents is 3. The quantitative estimate of drug-likeness (QED) is 0.128. The average molecular weight is 732 g/mol. The molecule has 284 valence electrons. The lowest BCUT2D eigenvalue weighted by molar-refractivity contribution is -0.132. The van der Waals surface area contributed by atoms with E-state index in [2.05, 4.69) is 29.3 Å². The van der Waals surface area contributed by atoms with Crippen molar-refractivity contribution in [3.63, 3.8) is 0 Å². The smallest absolute Gasteiger partial charge is 0.160 e. The minimum Gasteiger partial charge on any atom is -0.504 e. The third-order valence-corrected chi connectivity index (χ3v) is 15.2. The summed E-state index contributed by atoms with van der Waals surface area (Å²) < 4.78 is 5.51. The number of aliphatic hydroxyl groups excluding tert-OH is 2. The first-order valence-electron chi connectivity index (χ1n) is 20.2. The van der Waals surface area contributed by atoms with Gasteiger partial charge in [0.15, 0.2) is 23.0 Å². The van der Waals surface area contributed by atoms with Crippen LogP contribution in [0.3, 0.4) is 0 Å². The fraction of sp³-hybridized carbons (Fsp3) is 0.543. The molecule has 1 heterocycles. The molecule has 2 spiro atoms. The van der Waals surface area contributed by atoms with E-state index in [4.69, 9.17) is 4.74 Å². The van der Waals surface area contributed by atoms with Crippen LogP contribution < -0.4 is 10.1 Å². The van der Waals surface area contributed by atoms with Gasteiger partial charge in [0.05, 0.1) is 19.8 Å². The van der Waals surface area contributed by atoms with Gasteiger partial charge in [-0.1, -0.05) is 55.0 Å². The largest absolute Gasteiger partial charge is 0.504 e. The second kappa shape index (κ2) is 13.6. The minimum atomic E-state index is -0.971. The number of ketones is 1. The summed E-state index contributed by atoms with van der Waals surface area (Å²) in [5.41, 5.74) is 4.12. The SMILES string of the molecule is COc1cc([C@H]2CC(=O)C[C@H](O)[C@@H]3[C@@H](C#C[C@@H]2Cc2ccccc2)CN[C@@H]2CC[C@@H]4CC5(CCCC5)[C@@H]5C[C@H]4[C@]32c2cc(O)c(O)cc25)c(CO)cc1O. The molecule has 10 atom stereocenters. The minimum absolute atomic E-state index is 0.0281. The first-order chi connectivity index (χ1) is 26.2. The molecule has 2 bridgehead atoms. The van der Waals surface area contributed by atoms with Gasteiger partial charge in [-0.25, -0.2) is 0 Å². The Kier molecular flexibility index (Phi) is 8.99. The molecule has 0 radical (unpaired) electrons. The van der Waals surface area contributed by atoms with Crippen molar-refractivity contribution in [3.8, 4) is 34.8 Å². The fourth-order valence-corrected chi connectivity index (χ4v) is 13.2. The summed E-state index contributed by atoms with van der Waals surface area (Å²) in [5, 5.41) is 60.0. The number of carbonyl (C=O) groups excluding carboxylic acids is 1. The van der Waals surface area contributed by atoms with Gasteiger partial charge < -0.3 is 35.6 Å². The molecule has 0 aromatic heterocycles. The molecule has 9 rings (SSSR count). The Labute approximate surface area is 318 Å². The molecule has 0 unspecified atom stereocenters. The lowest BCUT2D eigenvalue weighted by Crippen LogP contribution is -2.72. The molecular formula is C46H53NO7. The van der Waals surface area contributed by atoms with Gasteiger partial charge in [-0.3, -0.25) is 4.79 Å². The van der Waals surface area contributed by atoms with E-state index in [1.54, 1.807) is 6.07 Å². The van der Waals surface area contributed by atoms with Crippen molar-refractivity contribution in [3.05, 3.63) is 82.4 Å². The summed E-state index contributed by atoms with van der Waals surface area (Å²) in [5.74, 6) is 7.00. The van der Waals surface area contributed by atoms with Gasteiger partial charge in [-0.2, -0.15) is 0 Å². The number of hydrogen-bond donors (Lipinski definition) is 6. The first kappa shape index (κ1) is 35.7. The Bertz CT molecular complexity index is 1990. The van der Waals surface area contributed by atoms with Crippen molar-refractivity contribution in [2.24, 2.45) is 35.0 Å². The second-order valence-corrected chi connectivity index (χ2v) is 17.5. The molecule has 6 aliphatic rings. The molecule has 8 nitrogen and oxygen atoms in total. The molecule has 0 amide bonds. The van der Waals surface area contributed by atoms with Crippen molar-refractivity contribution < 1.29 is 35.1 Å². The summed E-state index contributed by atoms with van der Waals surface area (Å²) in [6.07, 6.45) is 8.75. The number of rotatable bonds is 5. The summed E-state index contributed by atoms with van der Waals surface area (Å²) in [7, 11) is 1.49. The number of benzene rings is 3. The Hall–Kier alpha value is -4.03. The van der Waals surface area contributed by atoms with Crippen LogP contribution in [0, 0.1) is 46.8 Å². The zero-order valence-corrected chi connectivity index (χ0v) is 31.1. The molecule has 1 aliphatic heterocycles. The van der Waals surface area contributed by atoms with E-state index in [0.29, 0.717) is 30.0 Å². The average Bonchev–Trinajstić information content (AvgIpc) is 3.64. The predicted molar refractivity (Wildman–Crippen MR) is 204 cm³/mol. The van der Waals surface area contributed by atoms with Gasteiger partial charge in [-0.05, 0) is 120 Å². The highest BCUT2D eigenvalue weighted by atomic mass is 16.5. The van der Waals surface area contributed by atoms with E-state index >= 15 is 0 Å². The van der Waals surface area contributed by atoms with Crippen LogP contribution in [0.25, 0.3) is 0 Å². The molecule has 1 saturated heterocycles. The third kappa shape index (κ3) is 5.48. The maximum atomic E-state index is 14.5. The van der Waals surface area contributed by atoms with E-state index in [1.165, 1.54) is 38.9 Å². The maximum Gasteiger partial charge on any atom is 0.160 e. The predicted octanol–water partition coefficient (Wildman–Crippen LogP) is 6.59. The molecule has 3 saturated carbocycles. The van der Waals surface area contributed by atoms with Crippen LogP contribution in [0.5, 0.6) is 23.0 Å². The van der Waals surface area contributed by atoms with Crippen molar-refractivity contribution in [2.45, 2.75) is 107 Å². The second-order valence-electron chi connectivity index (χ2n) is 17.5. The molecule has 3 aromatic carbocycles. The van der Waals surface area contributed by atoms with Crippen LogP contribution in [-0.2, 0) is 23.2 Å². The Balaban J connectivity index is 1.22. The highest BCUT2D eigenvalue weighted by molar-refractivity contribution is 5.80. The monoisotopic (exact) mass is 731 g/mol. The Morgan fingerprint density at radius 1 is 0.926 bits per heavy atom. The van der Waals surface area contributed by atoms with E-state index in [1.807, 2.05) is 30.3 Å². The van der Waals surface area contributed by atoms with Crippen LogP contribution in [0.2, 0.25) is 0 Å².